The number of aliphatic carboxylic acids is 1. The number of benzene rings is 1. The third-order valence-corrected chi connectivity index (χ3v) is 3.48. The van der Waals surface area contributed by atoms with Gasteiger partial charge >= 0.3 is 5.97 Å². The first kappa shape index (κ1) is 15.8. The number of hydrogen-bond donors (Lipinski definition) is 2. The van der Waals surface area contributed by atoms with Crippen LogP contribution in [-0.4, -0.2) is 40.9 Å². The molecule has 0 spiro atoms. The molecule has 1 heterocycles. The number of carbonyl (C=O) groups is 3. The van der Waals surface area contributed by atoms with Crippen LogP contribution in [0.4, 0.5) is 0 Å². The van der Waals surface area contributed by atoms with E-state index < -0.39 is 5.97 Å². The number of carboxylic acids is 1. The summed E-state index contributed by atoms with van der Waals surface area (Å²) < 4.78 is 0. The third kappa shape index (κ3) is 3.52. The summed E-state index contributed by atoms with van der Waals surface area (Å²) in [5.74, 6) is -1.35. The number of carboxylic acid groups (broad SMARTS) is 1. The zero-order valence-electron chi connectivity index (χ0n) is 12.2. The first-order valence-electron chi connectivity index (χ1n) is 7.09. The normalized spacial score (nSPS) is 13.2. The minimum Gasteiger partial charge on any atom is -0.481 e. The van der Waals surface area contributed by atoms with E-state index in [9.17, 15) is 14.4 Å². The summed E-state index contributed by atoms with van der Waals surface area (Å²) >= 11 is 0. The van der Waals surface area contributed by atoms with E-state index in [1.54, 1.807) is 18.2 Å². The van der Waals surface area contributed by atoms with Gasteiger partial charge in [0.05, 0.1) is 0 Å². The maximum atomic E-state index is 12.2. The van der Waals surface area contributed by atoms with Crippen LogP contribution in [0.5, 0.6) is 0 Å². The summed E-state index contributed by atoms with van der Waals surface area (Å²) in [5.41, 5.74) is 1.84. The lowest BCUT2D eigenvalue weighted by Gasteiger charge is -2.16. The van der Waals surface area contributed by atoms with Crippen molar-refractivity contribution in [1.82, 2.24) is 10.2 Å². The second kappa shape index (κ2) is 6.89. The van der Waals surface area contributed by atoms with Gasteiger partial charge in [0.1, 0.15) is 6.54 Å². The molecule has 0 unspecified atom stereocenters. The molecule has 0 atom stereocenters. The molecule has 0 aromatic heterocycles. The van der Waals surface area contributed by atoms with Crippen molar-refractivity contribution in [3.8, 4) is 0 Å². The van der Waals surface area contributed by atoms with E-state index in [0.29, 0.717) is 30.6 Å². The second-order valence-electron chi connectivity index (χ2n) is 5.08. The molecular formula is C16H18N2O4. The number of unbranched alkanes of at least 4 members (excludes halogenated alkanes) is 1. The molecule has 2 N–H and O–H groups in total. The predicted molar refractivity (Wildman–Crippen MR) is 81.0 cm³/mol. The van der Waals surface area contributed by atoms with E-state index in [1.807, 2.05) is 6.07 Å². The van der Waals surface area contributed by atoms with Crippen molar-refractivity contribution in [2.45, 2.75) is 19.3 Å². The van der Waals surface area contributed by atoms with E-state index in [2.05, 4.69) is 11.9 Å². The van der Waals surface area contributed by atoms with Crippen molar-refractivity contribution < 1.29 is 19.5 Å². The van der Waals surface area contributed by atoms with Crippen LogP contribution >= 0.6 is 0 Å². The molecule has 0 fully saturated rings. The zero-order chi connectivity index (χ0) is 16.1. The third-order valence-electron chi connectivity index (χ3n) is 3.48. The molecule has 1 aromatic rings. The van der Waals surface area contributed by atoms with Crippen LogP contribution in [-0.2, 0) is 9.59 Å². The molecule has 0 saturated heterocycles. The largest absolute Gasteiger partial charge is 0.481 e. The van der Waals surface area contributed by atoms with Gasteiger partial charge in [-0.05, 0) is 18.9 Å². The zero-order valence-corrected chi connectivity index (χ0v) is 12.2. The molecule has 1 aliphatic rings. The molecule has 0 bridgehead atoms. The number of rotatable bonds is 7. The van der Waals surface area contributed by atoms with Gasteiger partial charge in [0.25, 0.3) is 5.91 Å². The monoisotopic (exact) mass is 302 g/mol. The molecule has 0 saturated carbocycles. The molecule has 6 heteroatoms. The smallest absolute Gasteiger partial charge is 0.303 e. The van der Waals surface area contributed by atoms with Gasteiger partial charge in [0, 0.05) is 29.8 Å². The standard InChI is InChI=1S/C16H18N2O4/c1-11-12-6-2-3-7-13(12)16(22)18(11)10-14(19)17-9-5-4-8-15(20)21/h2-3,6-7H,1,4-5,8-10H2,(H,17,19)(H,20,21). The number of nitrogens with zero attached hydrogens (tertiary/aromatic N) is 1. The minimum atomic E-state index is -0.844. The number of fused-ring (bicyclic) bond motifs is 1. The maximum Gasteiger partial charge on any atom is 0.303 e. The van der Waals surface area contributed by atoms with E-state index in [0.717, 1.165) is 5.56 Å². The van der Waals surface area contributed by atoms with Crippen molar-refractivity contribution in [3.63, 3.8) is 0 Å². The van der Waals surface area contributed by atoms with E-state index in [1.165, 1.54) is 4.90 Å². The Morgan fingerprint density at radius 1 is 1.18 bits per heavy atom. The Morgan fingerprint density at radius 2 is 1.86 bits per heavy atom. The minimum absolute atomic E-state index is 0.0781. The molecule has 1 aromatic carbocycles. The Hall–Kier alpha value is -2.63. The van der Waals surface area contributed by atoms with E-state index >= 15 is 0 Å². The lowest BCUT2D eigenvalue weighted by Crippen LogP contribution is -2.37. The highest BCUT2D eigenvalue weighted by Gasteiger charge is 2.31. The lowest BCUT2D eigenvalue weighted by atomic mass is 10.1. The Labute approximate surface area is 128 Å². The Morgan fingerprint density at radius 3 is 2.50 bits per heavy atom. The molecule has 0 radical (unpaired) electrons. The van der Waals surface area contributed by atoms with Gasteiger partial charge in [-0.1, -0.05) is 24.8 Å². The van der Waals surface area contributed by atoms with Crippen LogP contribution < -0.4 is 5.32 Å². The topological polar surface area (TPSA) is 86.7 Å². The molecular weight excluding hydrogens is 284 g/mol. The van der Waals surface area contributed by atoms with Crippen LogP contribution in [0.3, 0.4) is 0 Å². The van der Waals surface area contributed by atoms with Crippen molar-refractivity contribution in [3.05, 3.63) is 42.0 Å². The molecule has 2 amide bonds. The quantitative estimate of drug-likeness (QED) is 0.747. The Kier molecular flexibility index (Phi) is 4.93. The highest BCUT2D eigenvalue weighted by Crippen LogP contribution is 2.30. The van der Waals surface area contributed by atoms with Gasteiger partial charge in [-0.3, -0.25) is 19.3 Å². The van der Waals surface area contributed by atoms with Crippen LogP contribution in [0.1, 0.15) is 35.2 Å². The molecule has 0 aliphatic carbocycles. The molecule has 116 valence electrons. The summed E-state index contributed by atoms with van der Waals surface area (Å²) in [7, 11) is 0. The second-order valence-corrected chi connectivity index (χ2v) is 5.08. The molecule has 22 heavy (non-hydrogen) atoms. The van der Waals surface area contributed by atoms with Gasteiger partial charge in [-0.25, -0.2) is 0 Å². The van der Waals surface area contributed by atoms with Crippen molar-refractivity contribution in [2.75, 3.05) is 13.1 Å². The van der Waals surface area contributed by atoms with Crippen LogP contribution in [0, 0.1) is 0 Å². The SMILES string of the molecule is C=C1c2ccccc2C(=O)N1CC(=O)NCCCCC(=O)O. The van der Waals surface area contributed by atoms with Crippen molar-refractivity contribution in [1.29, 1.82) is 0 Å². The Balaban J connectivity index is 1.82. The van der Waals surface area contributed by atoms with Gasteiger partial charge < -0.3 is 10.4 Å². The Bertz CT molecular complexity index is 589. The van der Waals surface area contributed by atoms with Crippen LogP contribution in [0.2, 0.25) is 0 Å². The number of amides is 2. The van der Waals surface area contributed by atoms with Gasteiger partial charge in [0.2, 0.25) is 5.91 Å². The fourth-order valence-corrected chi connectivity index (χ4v) is 2.33. The maximum absolute atomic E-state index is 12.2. The summed E-state index contributed by atoms with van der Waals surface area (Å²) in [5, 5.41) is 11.2. The molecule has 6 nitrogen and oxygen atoms in total. The van der Waals surface area contributed by atoms with Crippen molar-refractivity contribution >= 4 is 23.5 Å². The summed E-state index contributed by atoms with van der Waals surface area (Å²) in [6.45, 7) is 4.19. The number of carbonyl (C=O) groups excluding carboxylic acids is 2. The lowest BCUT2D eigenvalue weighted by molar-refractivity contribution is -0.137. The number of hydrogen-bond acceptors (Lipinski definition) is 3. The summed E-state index contributed by atoms with van der Waals surface area (Å²) in [4.78, 5) is 35.8. The fraction of sp³-hybridized carbons (Fsp3) is 0.312. The average molecular weight is 302 g/mol. The molecule has 2 rings (SSSR count). The van der Waals surface area contributed by atoms with Crippen LogP contribution in [0.15, 0.2) is 30.8 Å². The highest BCUT2D eigenvalue weighted by atomic mass is 16.4. The molecule has 1 aliphatic heterocycles. The van der Waals surface area contributed by atoms with E-state index in [4.69, 9.17) is 5.11 Å². The van der Waals surface area contributed by atoms with Gasteiger partial charge in [-0.2, -0.15) is 0 Å². The predicted octanol–water partition coefficient (Wildman–Crippen LogP) is 1.48. The van der Waals surface area contributed by atoms with E-state index in [-0.39, 0.29) is 24.8 Å². The summed E-state index contributed by atoms with van der Waals surface area (Å²) in [6.07, 6.45) is 1.19. The first-order valence-corrected chi connectivity index (χ1v) is 7.09. The van der Waals surface area contributed by atoms with Crippen molar-refractivity contribution in [2.24, 2.45) is 0 Å². The average Bonchev–Trinajstić information content (AvgIpc) is 2.72. The fourth-order valence-electron chi connectivity index (χ4n) is 2.33. The number of nitrogens with one attached hydrogen (secondary N) is 1. The highest BCUT2D eigenvalue weighted by molar-refractivity contribution is 6.10. The van der Waals surface area contributed by atoms with Gasteiger partial charge in [-0.15, -0.1) is 0 Å². The van der Waals surface area contributed by atoms with Crippen LogP contribution in [0.25, 0.3) is 5.70 Å². The van der Waals surface area contributed by atoms with Gasteiger partial charge in [0.15, 0.2) is 0 Å². The first-order chi connectivity index (χ1) is 10.5. The summed E-state index contributed by atoms with van der Waals surface area (Å²) in [6, 6.07) is 7.12.